The van der Waals surface area contributed by atoms with Gasteiger partial charge in [-0.2, -0.15) is 0 Å². The normalized spacial score (nSPS) is 20.6. The second-order valence-corrected chi connectivity index (χ2v) is 6.06. The average Bonchev–Trinajstić information content (AvgIpc) is 2.77. The molecule has 0 spiro atoms. The number of nitrogens with two attached hydrogens (primary N) is 1. The van der Waals surface area contributed by atoms with Gasteiger partial charge in [0.25, 0.3) is 0 Å². The van der Waals surface area contributed by atoms with Gasteiger partial charge in [-0.15, -0.1) is 0 Å². The largest absolute Gasteiger partial charge is 0.338 e. The van der Waals surface area contributed by atoms with E-state index < -0.39 is 5.54 Å². The molecule has 0 saturated heterocycles. The molecule has 3 heteroatoms. The molecule has 1 aliphatic rings. The van der Waals surface area contributed by atoms with Crippen LogP contribution in [0.15, 0.2) is 0 Å². The van der Waals surface area contributed by atoms with Crippen molar-refractivity contribution in [2.24, 2.45) is 11.7 Å². The summed E-state index contributed by atoms with van der Waals surface area (Å²) >= 11 is 0. The Morgan fingerprint density at radius 2 is 1.94 bits per heavy atom. The van der Waals surface area contributed by atoms with Crippen LogP contribution < -0.4 is 5.73 Å². The SMILES string of the molecule is CCC(C)(N)C(=O)N(CC(C)C)C1CCCC1. The van der Waals surface area contributed by atoms with Gasteiger partial charge < -0.3 is 10.6 Å². The Balaban J connectivity index is 2.78. The van der Waals surface area contributed by atoms with Crippen LogP contribution in [0.1, 0.15) is 59.8 Å². The van der Waals surface area contributed by atoms with Crippen molar-refractivity contribution in [3.63, 3.8) is 0 Å². The summed E-state index contributed by atoms with van der Waals surface area (Å²) in [6.07, 6.45) is 5.50. The molecule has 1 rings (SSSR count). The van der Waals surface area contributed by atoms with Crippen molar-refractivity contribution in [3.8, 4) is 0 Å². The first kappa shape index (κ1) is 14.5. The number of rotatable bonds is 5. The standard InChI is InChI=1S/C14H28N2O/c1-5-14(4,15)13(17)16(10-11(2)3)12-8-6-7-9-12/h11-12H,5-10,15H2,1-4H3. The molecular weight excluding hydrogens is 212 g/mol. The van der Waals surface area contributed by atoms with E-state index >= 15 is 0 Å². The van der Waals surface area contributed by atoms with Crippen LogP contribution in [0, 0.1) is 5.92 Å². The second-order valence-electron chi connectivity index (χ2n) is 6.06. The molecule has 0 aliphatic heterocycles. The highest BCUT2D eigenvalue weighted by Gasteiger charge is 2.35. The molecule has 3 nitrogen and oxygen atoms in total. The molecule has 0 radical (unpaired) electrons. The number of carbonyl (C=O) groups excluding carboxylic acids is 1. The van der Waals surface area contributed by atoms with Crippen molar-refractivity contribution >= 4 is 5.91 Å². The monoisotopic (exact) mass is 240 g/mol. The molecular formula is C14H28N2O. The molecule has 1 fully saturated rings. The molecule has 0 heterocycles. The van der Waals surface area contributed by atoms with Gasteiger partial charge in [-0.3, -0.25) is 4.79 Å². The third-order valence-corrected chi connectivity index (χ3v) is 3.81. The average molecular weight is 240 g/mol. The summed E-state index contributed by atoms with van der Waals surface area (Å²) < 4.78 is 0. The van der Waals surface area contributed by atoms with Crippen LogP contribution in [0.4, 0.5) is 0 Å². The van der Waals surface area contributed by atoms with Gasteiger partial charge >= 0.3 is 0 Å². The first-order valence-corrected chi connectivity index (χ1v) is 6.98. The number of hydrogen-bond donors (Lipinski definition) is 1. The lowest BCUT2D eigenvalue weighted by atomic mass is 9.96. The maximum atomic E-state index is 12.5. The highest BCUT2D eigenvalue weighted by atomic mass is 16.2. The van der Waals surface area contributed by atoms with Crippen molar-refractivity contribution in [1.82, 2.24) is 4.90 Å². The molecule has 1 amide bonds. The molecule has 17 heavy (non-hydrogen) atoms. The van der Waals surface area contributed by atoms with Crippen LogP contribution in [0.5, 0.6) is 0 Å². The third-order valence-electron chi connectivity index (χ3n) is 3.81. The van der Waals surface area contributed by atoms with Gasteiger partial charge in [-0.1, -0.05) is 33.6 Å². The van der Waals surface area contributed by atoms with E-state index in [4.69, 9.17) is 5.73 Å². The van der Waals surface area contributed by atoms with Crippen molar-refractivity contribution in [1.29, 1.82) is 0 Å². The number of amides is 1. The number of nitrogens with zero attached hydrogens (tertiary/aromatic N) is 1. The Bertz CT molecular complexity index is 255. The smallest absolute Gasteiger partial charge is 0.242 e. The lowest BCUT2D eigenvalue weighted by molar-refractivity contribution is -0.139. The van der Waals surface area contributed by atoms with Gasteiger partial charge in [-0.05, 0) is 32.1 Å². The molecule has 1 atom stereocenters. The summed E-state index contributed by atoms with van der Waals surface area (Å²) in [6, 6.07) is 0.430. The zero-order valence-electron chi connectivity index (χ0n) is 11.8. The Labute approximate surface area is 106 Å². The molecule has 0 aromatic carbocycles. The van der Waals surface area contributed by atoms with E-state index in [1.54, 1.807) is 0 Å². The fourth-order valence-corrected chi connectivity index (χ4v) is 2.49. The van der Waals surface area contributed by atoms with Crippen LogP contribution in [-0.2, 0) is 4.79 Å². The van der Waals surface area contributed by atoms with E-state index in [0.717, 1.165) is 19.4 Å². The van der Waals surface area contributed by atoms with E-state index in [1.165, 1.54) is 12.8 Å². The fraction of sp³-hybridized carbons (Fsp3) is 0.929. The predicted octanol–water partition coefficient (Wildman–Crippen LogP) is 2.54. The maximum absolute atomic E-state index is 12.5. The van der Waals surface area contributed by atoms with Gasteiger partial charge in [0, 0.05) is 12.6 Å². The van der Waals surface area contributed by atoms with E-state index in [-0.39, 0.29) is 5.91 Å². The van der Waals surface area contributed by atoms with Crippen LogP contribution in [0.3, 0.4) is 0 Å². The predicted molar refractivity (Wildman–Crippen MR) is 71.7 cm³/mol. The molecule has 2 N–H and O–H groups in total. The highest BCUT2D eigenvalue weighted by molar-refractivity contribution is 5.86. The fourth-order valence-electron chi connectivity index (χ4n) is 2.49. The van der Waals surface area contributed by atoms with Gasteiger partial charge in [0.1, 0.15) is 0 Å². The van der Waals surface area contributed by atoms with E-state index in [2.05, 4.69) is 18.7 Å². The molecule has 0 bridgehead atoms. The first-order valence-electron chi connectivity index (χ1n) is 6.98. The highest BCUT2D eigenvalue weighted by Crippen LogP contribution is 2.26. The summed E-state index contributed by atoms with van der Waals surface area (Å²) in [5.41, 5.74) is 5.42. The molecule has 0 aromatic heterocycles. The zero-order valence-corrected chi connectivity index (χ0v) is 11.8. The topological polar surface area (TPSA) is 46.3 Å². The van der Waals surface area contributed by atoms with Gasteiger partial charge in [0.15, 0.2) is 0 Å². The van der Waals surface area contributed by atoms with Crippen LogP contribution >= 0.6 is 0 Å². The minimum absolute atomic E-state index is 0.139. The summed E-state index contributed by atoms with van der Waals surface area (Å²) in [4.78, 5) is 14.6. The van der Waals surface area contributed by atoms with E-state index in [0.29, 0.717) is 18.4 Å². The van der Waals surface area contributed by atoms with E-state index in [9.17, 15) is 4.79 Å². The quantitative estimate of drug-likeness (QED) is 0.802. The minimum atomic E-state index is -0.697. The maximum Gasteiger partial charge on any atom is 0.242 e. The van der Waals surface area contributed by atoms with Gasteiger partial charge in [0.05, 0.1) is 5.54 Å². The second kappa shape index (κ2) is 5.85. The zero-order chi connectivity index (χ0) is 13.1. The van der Waals surface area contributed by atoms with Crippen molar-refractivity contribution in [3.05, 3.63) is 0 Å². The first-order chi connectivity index (χ1) is 7.88. The lowest BCUT2D eigenvalue weighted by Crippen LogP contribution is -2.56. The molecule has 1 unspecified atom stereocenters. The summed E-state index contributed by atoms with van der Waals surface area (Å²) in [5, 5.41) is 0. The van der Waals surface area contributed by atoms with Crippen LogP contribution in [-0.4, -0.2) is 28.9 Å². The summed E-state index contributed by atoms with van der Waals surface area (Å²) in [6.45, 7) is 9.01. The lowest BCUT2D eigenvalue weighted by Gasteiger charge is -2.36. The third kappa shape index (κ3) is 3.70. The molecule has 1 saturated carbocycles. The molecule has 1 aliphatic carbocycles. The number of hydrogen-bond acceptors (Lipinski definition) is 2. The summed E-state index contributed by atoms with van der Waals surface area (Å²) in [5.74, 6) is 0.646. The van der Waals surface area contributed by atoms with Crippen LogP contribution in [0.2, 0.25) is 0 Å². The summed E-state index contributed by atoms with van der Waals surface area (Å²) in [7, 11) is 0. The van der Waals surface area contributed by atoms with E-state index in [1.807, 2.05) is 13.8 Å². The van der Waals surface area contributed by atoms with Crippen LogP contribution in [0.25, 0.3) is 0 Å². The van der Waals surface area contributed by atoms with Gasteiger partial charge in [0.2, 0.25) is 5.91 Å². The Hall–Kier alpha value is -0.570. The van der Waals surface area contributed by atoms with Crippen molar-refractivity contribution < 1.29 is 4.79 Å². The van der Waals surface area contributed by atoms with Crippen molar-refractivity contribution in [2.45, 2.75) is 71.4 Å². The Morgan fingerprint density at radius 3 is 2.35 bits per heavy atom. The molecule has 0 aromatic rings. The van der Waals surface area contributed by atoms with Crippen molar-refractivity contribution in [2.75, 3.05) is 6.54 Å². The Morgan fingerprint density at radius 1 is 1.41 bits per heavy atom. The Kier molecular flexibility index (Phi) is 4.99. The van der Waals surface area contributed by atoms with Gasteiger partial charge in [-0.25, -0.2) is 0 Å². The molecule has 100 valence electrons. The number of carbonyl (C=O) groups is 1. The minimum Gasteiger partial charge on any atom is -0.338 e.